The average molecular weight is 341 g/mol. The van der Waals surface area contributed by atoms with E-state index in [1.54, 1.807) is 35.2 Å². The normalized spacial score (nSPS) is 18.5. The summed E-state index contributed by atoms with van der Waals surface area (Å²) in [6, 6.07) is 16.1. The van der Waals surface area contributed by atoms with Gasteiger partial charge in [-0.15, -0.1) is 0 Å². The monoisotopic (exact) mass is 341 g/mol. The molecule has 1 atom stereocenters. The van der Waals surface area contributed by atoms with Crippen LogP contribution in [0.25, 0.3) is 0 Å². The van der Waals surface area contributed by atoms with Gasteiger partial charge in [0.1, 0.15) is 0 Å². The Hall–Kier alpha value is -2.40. The third-order valence-electron chi connectivity index (χ3n) is 4.11. The summed E-state index contributed by atoms with van der Waals surface area (Å²) in [5.74, 6) is -0.284. The molecule has 1 heterocycles. The molecule has 5 heteroatoms. The van der Waals surface area contributed by atoms with Gasteiger partial charge >= 0.3 is 0 Å². The molecular formula is C19H19NO3S. The van der Waals surface area contributed by atoms with Crippen molar-refractivity contribution in [1.82, 2.24) is 0 Å². The van der Waals surface area contributed by atoms with E-state index in [4.69, 9.17) is 0 Å². The Balaban J connectivity index is 2.00. The van der Waals surface area contributed by atoms with Crippen molar-refractivity contribution in [2.75, 3.05) is 10.7 Å². The topological polar surface area (TPSA) is 54.5 Å². The minimum absolute atomic E-state index is 0.0822. The zero-order valence-electron chi connectivity index (χ0n) is 13.4. The molecule has 3 rings (SSSR count). The standard InChI is InChI=1S/C19H19NO3S/c1-2-15-8-10-17(11-9-15)20(18-12-13-24(22,23)14-18)19(21)16-6-4-3-5-7-16/h3-13,18H,2,14H2,1H3/t18-/m1/s1. The molecule has 0 aliphatic carbocycles. The zero-order valence-corrected chi connectivity index (χ0v) is 14.2. The molecule has 124 valence electrons. The van der Waals surface area contributed by atoms with Gasteiger partial charge < -0.3 is 4.90 Å². The first-order valence-corrected chi connectivity index (χ1v) is 9.60. The van der Waals surface area contributed by atoms with Crippen molar-refractivity contribution < 1.29 is 13.2 Å². The first-order chi connectivity index (χ1) is 11.5. The summed E-state index contributed by atoms with van der Waals surface area (Å²) >= 11 is 0. The number of carbonyl (C=O) groups is 1. The molecule has 0 unspecified atom stereocenters. The molecule has 2 aromatic rings. The van der Waals surface area contributed by atoms with Crippen LogP contribution in [-0.4, -0.2) is 26.1 Å². The van der Waals surface area contributed by atoms with Crippen LogP contribution in [0.3, 0.4) is 0 Å². The number of amides is 1. The largest absolute Gasteiger partial charge is 0.300 e. The fourth-order valence-corrected chi connectivity index (χ4v) is 4.06. The molecule has 1 aliphatic rings. The van der Waals surface area contributed by atoms with E-state index in [9.17, 15) is 13.2 Å². The highest BCUT2D eigenvalue weighted by molar-refractivity contribution is 7.94. The Morgan fingerprint density at radius 1 is 1.08 bits per heavy atom. The van der Waals surface area contributed by atoms with E-state index in [2.05, 4.69) is 6.92 Å². The Morgan fingerprint density at radius 2 is 1.75 bits per heavy atom. The fraction of sp³-hybridized carbons (Fsp3) is 0.211. The van der Waals surface area contributed by atoms with Gasteiger partial charge in [-0.1, -0.05) is 37.3 Å². The van der Waals surface area contributed by atoms with E-state index < -0.39 is 15.9 Å². The SMILES string of the molecule is CCc1ccc(N(C(=O)c2ccccc2)[C@@H]2C=CS(=O)(=O)C2)cc1. The van der Waals surface area contributed by atoms with Crippen molar-refractivity contribution in [2.45, 2.75) is 19.4 Å². The summed E-state index contributed by atoms with van der Waals surface area (Å²) in [4.78, 5) is 14.6. The summed E-state index contributed by atoms with van der Waals surface area (Å²) in [7, 11) is -3.25. The molecule has 0 bridgehead atoms. The third-order valence-corrected chi connectivity index (χ3v) is 5.48. The summed E-state index contributed by atoms with van der Waals surface area (Å²) < 4.78 is 23.6. The Kier molecular flexibility index (Phi) is 4.53. The number of aryl methyl sites for hydroxylation is 1. The molecule has 0 N–H and O–H groups in total. The van der Waals surface area contributed by atoms with Crippen LogP contribution in [0.4, 0.5) is 5.69 Å². The molecule has 24 heavy (non-hydrogen) atoms. The second kappa shape index (κ2) is 6.61. The number of anilines is 1. The number of benzene rings is 2. The van der Waals surface area contributed by atoms with Gasteiger partial charge in [0.05, 0.1) is 11.8 Å². The van der Waals surface area contributed by atoms with Crippen LogP contribution in [0.5, 0.6) is 0 Å². The van der Waals surface area contributed by atoms with E-state index in [0.29, 0.717) is 11.3 Å². The van der Waals surface area contributed by atoms with E-state index in [-0.39, 0.29) is 11.7 Å². The van der Waals surface area contributed by atoms with Crippen molar-refractivity contribution in [3.05, 3.63) is 77.2 Å². The van der Waals surface area contributed by atoms with Crippen LogP contribution in [0.1, 0.15) is 22.8 Å². The molecule has 0 aromatic heterocycles. The van der Waals surface area contributed by atoms with Crippen molar-refractivity contribution in [3.63, 3.8) is 0 Å². The van der Waals surface area contributed by atoms with E-state index >= 15 is 0 Å². The summed E-state index contributed by atoms with van der Waals surface area (Å²) in [6.07, 6.45) is 2.49. The molecule has 0 radical (unpaired) electrons. The number of nitrogens with zero attached hydrogens (tertiary/aromatic N) is 1. The number of rotatable bonds is 4. The first kappa shape index (κ1) is 16.5. The highest BCUT2D eigenvalue weighted by atomic mass is 32.2. The Morgan fingerprint density at radius 3 is 2.29 bits per heavy atom. The van der Waals surface area contributed by atoms with Gasteiger partial charge in [0, 0.05) is 16.7 Å². The summed E-state index contributed by atoms with van der Waals surface area (Å²) in [6.45, 7) is 2.06. The molecular weight excluding hydrogens is 322 g/mol. The van der Waals surface area contributed by atoms with E-state index in [0.717, 1.165) is 6.42 Å². The number of sulfone groups is 1. The molecule has 0 saturated carbocycles. The van der Waals surface area contributed by atoms with Crippen molar-refractivity contribution in [1.29, 1.82) is 0 Å². The molecule has 1 aliphatic heterocycles. The Bertz CT molecular complexity index is 855. The average Bonchev–Trinajstić information content (AvgIpc) is 2.96. The van der Waals surface area contributed by atoms with Crippen molar-refractivity contribution >= 4 is 21.4 Å². The lowest BCUT2D eigenvalue weighted by Crippen LogP contribution is -2.41. The van der Waals surface area contributed by atoms with Crippen LogP contribution >= 0.6 is 0 Å². The molecule has 1 amide bonds. The Labute approximate surface area is 142 Å². The van der Waals surface area contributed by atoms with Gasteiger partial charge in [0.15, 0.2) is 9.84 Å². The van der Waals surface area contributed by atoms with E-state index in [1.165, 1.54) is 11.0 Å². The minimum Gasteiger partial charge on any atom is -0.300 e. The molecule has 0 fully saturated rings. The van der Waals surface area contributed by atoms with Crippen LogP contribution < -0.4 is 4.90 Å². The predicted octanol–water partition coefficient (Wildman–Crippen LogP) is 3.21. The molecule has 2 aromatic carbocycles. The van der Waals surface area contributed by atoms with E-state index in [1.807, 2.05) is 30.3 Å². The lowest BCUT2D eigenvalue weighted by Gasteiger charge is -2.28. The highest BCUT2D eigenvalue weighted by Crippen LogP contribution is 2.25. The smallest absolute Gasteiger partial charge is 0.258 e. The van der Waals surface area contributed by atoms with Gasteiger partial charge in [0.25, 0.3) is 5.91 Å². The maximum atomic E-state index is 13.0. The van der Waals surface area contributed by atoms with Crippen LogP contribution in [0.2, 0.25) is 0 Å². The number of hydrogen-bond acceptors (Lipinski definition) is 3. The maximum absolute atomic E-state index is 13.0. The van der Waals surface area contributed by atoms with Gasteiger partial charge in [-0.3, -0.25) is 4.79 Å². The van der Waals surface area contributed by atoms with Gasteiger partial charge in [0.2, 0.25) is 0 Å². The zero-order chi connectivity index (χ0) is 17.2. The second-order valence-electron chi connectivity index (χ2n) is 5.79. The van der Waals surface area contributed by atoms with Crippen LogP contribution in [-0.2, 0) is 16.3 Å². The maximum Gasteiger partial charge on any atom is 0.258 e. The minimum atomic E-state index is -3.25. The van der Waals surface area contributed by atoms with Crippen LogP contribution in [0.15, 0.2) is 66.1 Å². The van der Waals surface area contributed by atoms with Gasteiger partial charge in [-0.2, -0.15) is 0 Å². The van der Waals surface area contributed by atoms with Crippen LogP contribution in [0, 0.1) is 0 Å². The lowest BCUT2D eigenvalue weighted by molar-refractivity contribution is 0.0983. The number of hydrogen-bond donors (Lipinski definition) is 0. The quantitative estimate of drug-likeness (QED) is 0.858. The fourth-order valence-electron chi connectivity index (χ4n) is 2.79. The highest BCUT2D eigenvalue weighted by Gasteiger charge is 2.31. The molecule has 4 nitrogen and oxygen atoms in total. The lowest BCUT2D eigenvalue weighted by atomic mass is 10.1. The van der Waals surface area contributed by atoms with Gasteiger partial charge in [-0.05, 0) is 42.3 Å². The third kappa shape index (κ3) is 3.41. The summed E-state index contributed by atoms with van der Waals surface area (Å²) in [5, 5.41) is 1.20. The predicted molar refractivity (Wildman–Crippen MR) is 95.8 cm³/mol. The first-order valence-electron chi connectivity index (χ1n) is 7.88. The number of carbonyl (C=O) groups excluding carboxylic acids is 1. The molecule has 0 saturated heterocycles. The van der Waals surface area contributed by atoms with Gasteiger partial charge in [-0.25, -0.2) is 8.42 Å². The second-order valence-corrected chi connectivity index (χ2v) is 7.72. The molecule has 0 spiro atoms. The summed E-state index contributed by atoms with van der Waals surface area (Å²) in [5.41, 5.74) is 2.41. The van der Waals surface area contributed by atoms with Crippen molar-refractivity contribution in [2.24, 2.45) is 0 Å². The van der Waals surface area contributed by atoms with Crippen molar-refractivity contribution in [3.8, 4) is 0 Å².